The zero-order valence-electron chi connectivity index (χ0n) is 8.98. The maximum Gasteiger partial charge on any atom is 0.326 e. The van der Waals surface area contributed by atoms with E-state index in [2.05, 4.69) is 27.3 Å². The lowest BCUT2D eigenvalue weighted by Gasteiger charge is -2.16. The van der Waals surface area contributed by atoms with E-state index >= 15 is 0 Å². The van der Waals surface area contributed by atoms with Crippen molar-refractivity contribution in [2.75, 3.05) is 5.32 Å². The fourth-order valence-electron chi connectivity index (χ4n) is 1.71. The molecule has 2 N–H and O–H groups in total. The minimum absolute atomic E-state index is 0.179. The number of hydrogen-bond acceptors (Lipinski definition) is 3. The fourth-order valence-corrected chi connectivity index (χ4v) is 2.07. The first kappa shape index (κ1) is 11.9. The first-order chi connectivity index (χ1) is 8.11. The van der Waals surface area contributed by atoms with Crippen molar-refractivity contribution >= 4 is 27.6 Å². The van der Waals surface area contributed by atoms with E-state index in [0.29, 0.717) is 11.3 Å². The van der Waals surface area contributed by atoms with Gasteiger partial charge in [0.15, 0.2) is 0 Å². The molecule has 0 spiro atoms. The summed E-state index contributed by atoms with van der Waals surface area (Å²) >= 11 is 3.31. The highest BCUT2D eigenvalue weighted by Gasteiger charge is 2.36. The summed E-state index contributed by atoms with van der Waals surface area (Å²) in [7, 11) is 0. The molecule has 1 fully saturated rings. The molecule has 2 rings (SSSR count). The van der Waals surface area contributed by atoms with Crippen LogP contribution in [0.3, 0.4) is 0 Å². The summed E-state index contributed by atoms with van der Waals surface area (Å²) in [5.41, 5.74) is 1.03. The van der Waals surface area contributed by atoms with E-state index in [1.54, 1.807) is 18.2 Å². The lowest BCUT2D eigenvalue weighted by Crippen LogP contribution is -2.31. The minimum atomic E-state index is -0.864. The smallest absolute Gasteiger partial charge is 0.326 e. The van der Waals surface area contributed by atoms with Crippen molar-refractivity contribution in [1.82, 2.24) is 0 Å². The summed E-state index contributed by atoms with van der Waals surface area (Å²) in [6.07, 6.45) is 1.86. The largest absolute Gasteiger partial charge is 0.480 e. The highest BCUT2D eigenvalue weighted by Crippen LogP contribution is 2.35. The highest BCUT2D eigenvalue weighted by atomic mass is 79.9. The number of carboxylic acids is 1. The second-order valence-corrected chi connectivity index (χ2v) is 5.02. The van der Waals surface area contributed by atoms with Crippen LogP contribution < -0.4 is 5.32 Å². The van der Waals surface area contributed by atoms with Gasteiger partial charge in [-0.15, -0.1) is 0 Å². The number of aliphatic carboxylic acids is 1. The van der Waals surface area contributed by atoms with Crippen molar-refractivity contribution in [1.29, 1.82) is 5.26 Å². The first-order valence-electron chi connectivity index (χ1n) is 5.31. The molecule has 1 aliphatic carbocycles. The quantitative estimate of drug-likeness (QED) is 0.895. The number of rotatable bonds is 4. The Labute approximate surface area is 107 Å². The molecule has 1 aromatic carbocycles. The zero-order valence-corrected chi connectivity index (χ0v) is 10.6. The van der Waals surface area contributed by atoms with Crippen LogP contribution in [0.2, 0.25) is 0 Å². The van der Waals surface area contributed by atoms with Crippen LogP contribution in [0, 0.1) is 17.2 Å². The van der Waals surface area contributed by atoms with E-state index in [4.69, 9.17) is 10.4 Å². The molecule has 5 heteroatoms. The molecular formula is C12H11BrN2O2. The van der Waals surface area contributed by atoms with Gasteiger partial charge in [0.25, 0.3) is 0 Å². The van der Waals surface area contributed by atoms with Gasteiger partial charge in [-0.3, -0.25) is 0 Å². The molecule has 88 valence electrons. The summed E-state index contributed by atoms with van der Waals surface area (Å²) in [6.45, 7) is 0. The molecule has 1 unspecified atom stereocenters. The Balaban J connectivity index is 2.24. The van der Waals surface area contributed by atoms with Crippen molar-refractivity contribution in [3.63, 3.8) is 0 Å². The Hall–Kier alpha value is -1.54. The van der Waals surface area contributed by atoms with Crippen molar-refractivity contribution in [3.05, 3.63) is 28.2 Å². The Morgan fingerprint density at radius 2 is 2.29 bits per heavy atom. The number of carbonyl (C=O) groups is 1. The van der Waals surface area contributed by atoms with E-state index in [-0.39, 0.29) is 5.92 Å². The van der Waals surface area contributed by atoms with Crippen molar-refractivity contribution in [3.8, 4) is 6.07 Å². The number of halogens is 1. The Bertz CT molecular complexity index is 492. The van der Waals surface area contributed by atoms with Crippen molar-refractivity contribution in [2.45, 2.75) is 18.9 Å². The molecule has 0 aromatic heterocycles. The predicted molar refractivity (Wildman–Crippen MR) is 66.6 cm³/mol. The molecule has 0 aliphatic heterocycles. The molecule has 17 heavy (non-hydrogen) atoms. The average Bonchev–Trinajstić information content (AvgIpc) is 3.09. The Kier molecular flexibility index (Phi) is 3.34. The van der Waals surface area contributed by atoms with Crippen molar-refractivity contribution in [2.24, 2.45) is 5.92 Å². The molecule has 0 bridgehead atoms. The molecule has 1 aromatic rings. The van der Waals surface area contributed by atoms with Crippen LogP contribution in [-0.2, 0) is 4.79 Å². The zero-order chi connectivity index (χ0) is 12.4. The van der Waals surface area contributed by atoms with E-state index in [9.17, 15) is 4.79 Å². The highest BCUT2D eigenvalue weighted by molar-refractivity contribution is 9.10. The van der Waals surface area contributed by atoms with Gasteiger partial charge in [-0.1, -0.05) is 15.9 Å². The third kappa shape index (κ3) is 2.77. The van der Waals surface area contributed by atoms with Gasteiger partial charge in [0.1, 0.15) is 12.1 Å². The van der Waals surface area contributed by atoms with Crippen LogP contribution in [-0.4, -0.2) is 17.1 Å². The van der Waals surface area contributed by atoms with Crippen molar-refractivity contribution < 1.29 is 9.90 Å². The van der Waals surface area contributed by atoms with Crippen LogP contribution in [0.1, 0.15) is 18.4 Å². The summed E-state index contributed by atoms with van der Waals surface area (Å²) in [5, 5.41) is 21.0. The van der Waals surface area contributed by atoms with E-state index in [1.807, 2.05) is 0 Å². The molecule has 1 aliphatic rings. The lowest BCUT2D eigenvalue weighted by atomic mass is 10.1. The van der Waals surface area contributed by atoms with Gasteiger partial charge in [0.05, 0.1) is 11.3 Å². The van der Waals surface area contributed by atoms with Gasteiger partial charge in [-0.2, -0.15) is 5.26 Å². The monoisotopic (exact) mass is 294 g/mol. The lowest BCUT2D eigenvalue weighted by molar-refractivity contribution is -0.138. The Morgan fingerprint density at radius 3 is 2.82 bits per heavy atom. The van der Waals surface area contributed by atoms with Gasteiger partial charge in [-0.05, 0) is 37.0 Å². The minimum Gasteiger partial charge on any atom is -0.480 e. The standard InChI is InChI=1S/C12H11BrN2O2/c13-9-4-3-8(6-14)10(5-9)15-11(12(16)17)7-1-2-7/h3-5,7,11,15H,1-2H2,(H,16,17). The van der Waals surface area contributed by atoms with Gasteiger partial charge in [-0.25, -0.2) is 4.79 Å². The van der Waals surface area contributed by atoms with Gasteiger partial charge >= 0.3 is 5.97 Å². The molecule has 0 amide bonds. The summed E-state index contributed by atoms with van der Waals surface area (Å²) < 4.78 is 0.818. The van der Waals surface area contributed by atoms with Gasteiger partial charge in [0.2, 0.25) is 0 Å². The number of nitrogens with one attached hydrogen (secondary N) is 1. The number of carboxylic acid groups (broad SMARTS) is 1. The fraction of sp³-hybridized carbons (Fsp3) is 0.333. The van der Waals surface area contributed by atoms with Gasteiger partial charge in [0, 0.05) is 4.47 Å². The first-order valence-corrected chi connectivity index (χ1v) is 6.10. The predicted octanol–water partition coefficient (Wildman–Crippen LogP) is 2.60. The van der Waals surface area contributed by atoms with Crippen LogP contribution in [0.15, 0.2) is 22.7 Å². The molecular weight excluding hydrogens is 284 g/mol. The molecule has 4 nitrogen and oxygen atoms in total. The van der Waals surface area contributed by atoms with Crippen LogP contribution >= 0.6 is 15.9 Å². The molecule has 0 radical (unpaired) electrons. The average molecular weight is 295 g/mol. The molecule has 1 atom stereocenters. The number of anilines is 1. The van der Waals surface area contributed by atoms with Gasteiger partial charge < -0.3 is 10.4 Å². The number of benzene rings is 1. The number of nitrogens with zero attached hydrogens (tertiary/aromatic N) is 1. The van der Waals surface area contributed by atoms with E-state index in [0.717, 1.165) is 17.3 Å². The third-order valence-corrected chi connectivity index (χ3v) is 3.27. The summed E-state index contributed by atoms with van der Waals surface area (Å²) in [5.74, 6) is -0.686. The SMILES string of the molecule is N#Cc1ccc(Br)cc1NC(C(=O)O)C1CC1. The summed E-state index contributed by atoms with van der Waals surface area (Å²) in [4.78, 5) is 11.1. The topological polar surface area (TPSA) is 73.1 Å². The second kappa shape index (κ2) is 4.76. The van der Waals surface area contributed by atoms with Crippen LogP contribution in [0.25, 0.3) is 0 Å². The van der Waals surface area contributed by atoms with Crippen LogP contribution in [0.4, 0.5) is 5.69 Å². The number of nitriles is 1. The van der Waals surface area contributed by atoms with E-state index < -0.39 is 12.0 Å². The maximum atomic E-state index is 11.1. The van der Waals surface area contributed by atoms with Crippen LogP contribution in [0.5, 0.6) is 0 Å². The van der Waals surface area contributed by atoms with E-state index in [1.165, 1.54) is 0 Å². The molecule has 1 saturated carbocycles. The molecule has 0 heterocycles. The Morgan fingerprint density at radius 1 is 1.59 bits per heavy atom. The normalized spacial score (nSPS) is 16.0. The molecule has 0 saturated heterocycles. The maximum absolute atomic E-state index is 11.1. The number of hydrogen-bond donors (Lipinski definition) is 2. The third-order valence-electron chi connectivity index (χ3n) is 2.77. The summed E-state index contributed by atoms with van der Waals surface area (Å²) in [6, 6.07) is 6.61. The second-order valence-electron chi connectivity index (χ2n) is 4.10.